The van der Waals surface area contributed by atoms with Crippen LogP contribution in [-0.4, -0.2) is 28.1 Å². The van der Waals surface area contributed by atoms with Crippen LogP contribution < -0.4 is 0 Å². The van der Waals surface area contributed by atoms with Gasteiger partial charge < -0.3 is 15.7 Å². The molecule has 0 spiro atoms. The van der Waals surface area contributed by atoms with Crippen molar-refractivity contribution in [1.29, 1.82) is 0 Å². The Hall–Kier alpha value is -1.90. The van der Waals surface area contributed by atoms with Gasteiger partial charge in [0.1, 0.15) is 0 Å². The molecule has 1 aliphatic rings. The second-order valence-electron chi connectivity index (χ2n) is 12.4. The average Bonchev–Trinajstić information content (AvgIpc) is 3.34. The maximum Gasteiger partial charge on any atom is 0.211 e. The Balaban J connectivity index is 0.00000201. The van der Waals surface area contributed by atoms with Crippen molar-refractivity contribution < 1.29 is 35.3 Å². The fraction of sp³-hybridized carbons (Fsp3) is 0.610. The topological polar surface area (TPSA) is 65.8 Å². The molecule has 0 unspecified atom stereocenters. The molecule has 0 saturated heterocycles. The van der Waals surface area contributed by atoms with Crippen LogP contribution in [0.4, 0.5) is 0 Å². The maximum absolute atomic E-state index is 11.8. The van der Waals surface area contributed by atoms with E-state index in [1.165, 1.54) is 86.5 Å². The first-order valence-electron chi connectivity index (χ1n) is 18.3. The van der Waals surface area contributed by atoms with E-state index in [0.29, 0.717) is 13.2 Å². The van der Waals surface area contributed by atoms with Gasteiger partial charge in [0.2, 0.25) is 11.4 Å². The SMILES string of the molecule is CCCCCCCCc1cccc(C2=C(CCCCCC)C(CCCC)=C(c3cccc(C)c3)[N+]2=[N-])c1.CCCO.CCCO.[Pd]. The second-order valence-corrected chi connectivity index (χ2v) is 12.4. The fourth-order valence-corrected chi connectivity index (χ4v) is 5.64. The number of allylic oxidation sites excluding steroid dienone is 2. The molecule has 0 aromatic heterocycles. The summed E-state index contributed by atoms with van der Waals surface area (Å²) >= 11 is 0. The van der Waals surface area contributed by atoms with Crippen LogP contribution in [0.2, 0.25) is 0 Å². The Morgan fingerprint density at radius 3 is 1.50 bits per heavy atom. The first-order chi connectivity index (χ1) is 21.9. The molecule has 0 atom stereocenters. The molecule has 0 aliphatic carbocycles. The molecule has 3 rings (SSSR count). The molecule has 4 nitrogen and oxygen atoms in total. The first kappa shape index (κ1) is 44.1. The van der Waals surface area contributed by atoms with Crippen molar-refractivity contribution in [2.75, 3.05) is 13.2 Å². The van der Waals surface area contributed by atoms with Gasteiger partial charge in [-0.1, -0.05) is 122 Å². The molecule has 0 bridgehead atoms. The largest absolute Gasteiger partial charge is 0.493 e. The second kappa shape index (κ2) is 28.1. The van der Waals surface area contributed by atoms with Crippen molar-refractivity contribution in [2.24, 2.45) is 0 Å². The van der Waals surface area contributed by atoms with Gasteiger partial charge in [0.25, 0.3) is 0 Å². The quantitative estimate of drug-likeness (QED) is 0.0860. The Labute approximate surface area is 297 Å². The van der Waals surface area contributed by atoms with Crippen molar-refractivity contribution in [2.45, 2.75) is 151 Å². The molecule has 2 N–H and O–H groups in total. The summed E-state index contributed by atoms with van der Waals surface area (Å²) in [7, 11) is 0. The van der Waals surface area contributed by atoms with E-state index in [4.69, 9.17) is 10.2 Å². The van der Waals surface area contributed by atoms with Gasteiger partial charge in [-0.25, -0.2) is 4.70 Å². The number of unbranched alkanes of at least 4 members (excludes halogenated alkanes) is 9. The Bertz CT molecular complexity index is 1150. The van der Waals surface area contributed by atoms with Crippen LogP contribution in [0.3, 0.4) is 0 Å². The van der Waals surface area contributed by atoms with Gasteiger partial charge >= 0.3 is 0 Å². The number of benzene rings is 2. The van der Waals surface area contributed by atoms with Gasteiger partial charge in [-0.2, -0.15) is 0 Å². The molecule has 0 fully saturated rings. The number of rotatable bonds is 19. The molecule has 5 heteroatoms. The molecule has 1 heterocycles. The number of nitrogens with zero attached hydrogens (tertiary/aromatic N) is 2. The Kier molecular flexibility index (Phi) is 27.0. The summed E-state index contributed by atoms with van der Waals surface area (Å²) in [5, 5.41) is 15.8. The molecular weight excluding hydrogens is 659 g/mol. The van der Waals surface area contributed by atoms with Crippen molar-refractivity contribution in [3.63, 3.8) is 0 Å². The van der Waals surface area contributed by atoms with E-state index in [9.17, 15) is 5.53 Å². The van der Waals surface area contributed by atoms with E-state index >= 15 is 0 Å². The summed E-state index contributed by atoms with van der Waals surface area (Å²) in [6.07, 6.45) is 20.1. The normalized spacial score (nSPS) is 12.4. The van der Waals surface area contributed by atoms with E-state index < -0.39 is 0 Å². The van der Waals surface area contributed by atoms with Crippen molar-refractivity contribution in [1.82, 2.24) is 0 Å². The van der Waals surface area contributed by atoms with Crippen LogP contribution in [0, 0.1) is 6.92 Å². The molecule has 1 aliphatic heterocycles. The summed E-state index contributed by atoms with van der Waals surface area (Å²) < 4.78 is 1.54. The zero-order valence-electron chi connectivity index (χ0n) is 30.2. The molecule has 0 radical (unpaired) electrons. The summed E-state index contributed by atoms with van der Waals surface area (Å²) in [6.45, 7) is 13.4. The minimum atomic E-state index is 0. The van der Waals surface area contributed by atoms with E-state index in [1.54, 1.807) is 4.70 Å². The number of hydrogen-bond acceptors (Lipinski definition) is 2. The van der Waals surface area contributed by atoms with E-state index in [1.807, 2.05) is 13.8 Å². The summed E-state index contributed by atoms with van der Waals surface area (Å²) in [4.78, 5) is 0. The van der Waals surface area contributed by atoms with E-state index in [-0.39, 0.29) is 20.4 Å². The van der Waals surface area contributed by atoms with E-state index in [2.05, 4.69) is 76.2 Å². The van der Waals surface area contributed by atoms with Gasteiger partial charge in [-0.05, 0) is 88.1 Å². The minimum absolute atomic E-state index is 0. The average molecular weight is 725 g/mol. The first-order valence-corrected chi connectivity index (χ1v) is 18.3. The molecule has 2 aromatic rings. The van der Waals surface area contributed by atoms with Crippen LogP contribution >= 0.6 is 0 Å². The zero-order valence-corrected chi connectivity index (χ0v) is 31.7. The van der Waals surface area contributed by atoms with Gasteiger partial charge in [0.15, 0.2) is 0 Å². The molecule has 262 valence electrons. The summed E-state index contributed by atoms with van der Waals surface area (Å²) in [5.74, 6) is 0. The number of hydrogen-bond donors (Lipinski definition) is 2. The van der Waals surface area contributed by atoms with Crippen LogP contribution in [0.5, 0.6) is 0 Å². The minimum Gasteiger partial charge on any atom is -0.493 e. The molecular formula is C41H66N2O2Pd. The standard InChI is InChI=1S/C35H50N2.2C3H8O.Pd/c1-5-8-11-13-14-15-20-29-21-18-23-31(27-29)35-33(25-16-12-9-6-2)32(24-10-7-3)34(37(35)36)30-22-17-19-28(4)26-30;2*1-2-3-4;/h17-19,21-23,26-27H,5-16,20,24-25H2,1-4H3;2*4H,2-3H2,1H3;. The smallest absolute Gasteiger partial charge is 0.211 e. The van der Waals surface area contributed by atoms with Crippen molar-refractivity contribution >= 4 is 11.4 Å². The molecule has 2 aromatic carbocycles. The number of aliphatic hydroxyl groups excluding tert-OH is 2. The molecule has 0 saturated carbocycles. The van der Waals surface area contributed by atoms with Crippen LogP contribution in [0.15, 0.2) is 59.7 Å². The third-order valence-corrected chi connectivity index (χ3v) is 8.18. The summed E-state index contributed by atoms with van der Waals surface area (Å²) in [5.41, 5.74) is 21.4. The predicted molar refractivity (Wildman–Crippen MR) is 195 cm³/mol. The van der Waals surface area contributed by atoms with Gasteiger partial charge in [0, 0.05) is 55.9 Å². The van der Waals surface area contributed by atoms with Crippen molar-refractivity contribution in [3.05, 3.63) is 87.5 Å². The van der Waals surface area contributed by atoms with Crippen LogP contribution in [0.1, 0.15) is 160 Å². The Morgan fingerprint density at radius 2 is 0.978 bits per heavy atom. The maximum atomic E-state index is 11.8. The zero-order chi connectivity index (χ0) is 33.3. The van der Waals surface area contributed by atoms with Crippen LogP contribution in [0.25, 0.3) is 16.9 Å². The van der Waals surface area contributed by atoms with Crippen LogP contribution in [-0.2, 0) is 26.8 Å². The molecule has 46 heavy (non-hydrogen) atoms. The van der Waals surface area contributed by atoms with Gasteiger partial charge in [-0.3, -0.25) is 0 Å². The monoisotopic (exact) mass is 724 g/mol. The third kappa shape index (κ3) is 16.3. The summed E-state index contributed by atoms with van der Waals surface area (Å²) in [6, 6.07) is 17.6. The van der Waals surface area contributed by atoms with Gasteiger partial charge in [-0.15, -0.1) is 0 Å². The van der Waals surface area contributed by atoms with Gasteiger partial charge in [0.05, 0.1) is 0 Å². The number of aryl methyl sites for hydroxylation is 2. The van der Waals surface area contributed by atoms with E-state index in [0.717, 1.165) is 67.5 Å². The molecule has 0 amide bonds. The van der Waals surface area contributed by atoms with Crippen molar-refractivity contribution in [3.8, 4) is 0 Å². The number of aliphatic hydroxyl groups is 2. The Morgan fingerprint density at radius 1 is 0.543 bits per heavy atom. The predicted octanol–water partition coefficient (Wildman–Crippen LogP) is 12.0. The third-order valence-electron chi connectivity index (χ3n) is 8.18. The fourth-order valence-electron chi connectivity index (χ4n) is 5.64.